The Hall–Kier alpha value is -1.60. The molecule has 1 fully saturated rings. The summed E-state index contributed by atoms with van der Waals surface area (Å²) in [5, 5.41) is 6.85. The topological polar surface area (TPSA) is 62.7 Å². The molecule has 1 aliphatic rings. The Morgan fingerprint density at radius 2 is 2.05 bits per heavy atom. The summed E-state index contributed by atoms with van der Waals surface area (Å²) in [5.41, 5.74) is 1.11. The van der Waals surface area contributed by atoms with Gasteiger partial charge in [-0.1, -0.05) is 6.07 Å². The lowest BCUT2D eigenvalue weighted by molar-refractivity contribution is 0.858. The molecule has 20 heavy (non-hydrogen) atoms. The number of anilines is 1. The molecule has 1 aliphatic carbocycles. The third kappa shape index (κ3) is 3.10. The summed E-state index contributed by atoms with van der Waals surface area (Å²) in [6.07, 6.45) is 6.09. The van der Waals surface area contributed by atoms with Gasteiger partial charge in [0.1, 0.15) is 4.60 Å². The van der Waals surface area contributed by atoms with Crippen LogP contribution in [-0.2, 0) is 0 Å². The average molecular weight is 350 g/mol. The summed E-state index contributed by atoms with van der Waals surface area (Å²) in [6.45, 7) is 0. The first-order valence-corrected chi connectivity index (χ1v) is 7.39. The van der Waals surface area contributed by atoms with Crippen LogP contribution in [0.5, 0.6) is 0 Å². The summed E-state index contributed by atoms with van der Waals surface area (Å²) in [7, 11) is 0. The van der Waals surface area contributed by atoms with E-state index in [0.717, 1.165) is 12.1 Å². The molecule has 2 N–H and O–H groups in total. The van der Waals surface area contributed by atoms with Gasteiger partial charge < -0.3 is 10.6 Å². The summed E-state index contributed by atoms with van der Waals surface area (Å²) in [6, 6.07) is 6.31. The van der Waals surface area contributed by atoms with Crippen molar-refractivity contribution in [2.24, 2.45) is 0 Å². The maximum absolute atomic E-state index is 5.28. The van der Waals surface area contributed by atoms with E-state index in [1.165, 1.54) is 0 Å². The molecule has 1 saturated carbocycles. The summed E-state index contributed by atoms with van der Waals surface area (Å²) in [4.78, 5) is 12.6. The third-order valence-electron chi connectivity index (χ3n) is 3.06. The maximum Gasteiger partial charge on any atom is 0.172 e. The summed E-state index contributed by atoms with van der Waals surface area (Å²) < 4.78 is 0.640. The molecule has 0 aromatic carbocycles. The molecular formula is C13H12BrN5S. The molecule has 0 spiro atoms. The van der Waals surface area contributed by atoms with Crippen molar-refractivity contribution in [2.45, 2.75) is 18.4 Å². The number of rotatable bonds is 3. The lowest BCUT2D eigenvalue weighted by Gasteiger charge is -2.10. The highest BCUT2D eigenvalue weighted by Gasteiger charge is 2.39. The van der Waals surface area contributed by atoms with Crippen LogP contribution in [0.4, 0.5) is 5.82 Å². The quantitative estimate of drug-likeness (QED) is 0.830. The molecule has 0 saturated heterocycles. The van der Waals surface area contributed by atoms with Gasteiger partial charge in [0.25, 0.3) is 0 Å². The van der Waals surface area contributed by atoms with Crippen LogP contribution in [0.2, 0.25) is 0 Å². The molecule has 0 bridgehead atoms. The van der Waals surface area contributed by atoms with E-state index >= 15 is 0 Å². The Balaban J connectivity index is 1.55. The average Bonchev–Trinajstić information content (AvgIpc) is 3.21. The van der Waals surface area contributed by atoms with Gasteiger partial charge in [0, 0.05) is 36.2 Å². The van der Waals surface area contributed by atoms with Gasteiger partial charge in [-0.15, -0.1) is 0 Å². The molecule has 102 valence electrons. The van der Waals surface area contributed by atoms with Crippen molar-refractivity contribution in [3.05, 3.63) is 47.1 Å². The summed E-state index contributed by atoms with van der Waals surface area (Å²) >= 11 is 8.61. The van der Waals surface area contributed by atoms with Crippen molar-refractivity contribution in [3.8, 4) is 0 Å². The minimum absolute atomic E-state index is 0.334. The highest BCUT2D eigenvalue weighted by Crippen LogP contribution is 2.39. The molecule has 2 heterocycles. The van der Waals surface area contributed by atoms with Gasteiger partial charge >= 0.3 is 0 Å². The molecule has 0 aliphatic heterocycles. The molecule has 2 aromatic rings. The monoisotopic (exact) mass is 349 g/mol. The van der Waals surface area contributed by atoms with Crippen molar-refractivity contribution in [1.29, 1.82) is 0 Å². The molecule has 5 nitrogen and oxygen atoms in total. The van der Waals surface area contributed by atoms with Crippen molar-refractivity contribution < 1.29 is 0 Å². The number of thiocarbonyl (C=S) groups is 1. The number of nitrogens with zero attached hydrogens (tertiary/aromatic N) is 3. The highest BCUT2D eigenvalue weighted by molar-refractivity contribution is 9.10. The second kappa shape index (κ2) is 5.80. The van der Waals surface area contributed by atoms with Gasteiger partial charge in [-0.05, 0) is 46.7 Å². The lowest BCUT2D eigenvalue weighted by Crippen LogP contribution is -2.31. The van der Waals surface area contributed by atoms with E-state index in [0.29, 0.717) is 27.5 Å². The van der Waals surface area contributed by atoms with Crippen molar-refractivity contribution in [2.75, 3.05) is 5.32 Å². The number of hydrogen-bond acceptors (Lipinski definition) is 4. The zero-order valence-corrected chi connectivity index (χ0v) is 12.9. The Labute approximate surface area is 130 Å². The van der Waals surface area contributed by atoms with Crippen LogP contribution in [-0.4, -0.2) is 26.1 Å². The smallest absolute Gasteiger partial charge is 0.172 e. The van der Waals surface area contributed by atoms with Gasteiger partial charge in [-0.25, -0.2) is 9.97 Å². The fraction of sp³-hybridized carbons (Fsp3) is 0.231. The highest BCUT2D eigenvalue weighted by atomic mass is 79.9. The standard InChI is InChI=1S/C13H12BrN5S/c14-11-12(17-6-5-16-11)19-13(20)18-10-7-8(10)9-3-1-2-4-15-9/h1-6,8,10H,7H2,(H2,17,18,19,20). The molecule has 2 atom stereocenters. The van der Waals surface area contributed by atoms with Crippen LogP contribution < -0.4 is 10.6 Å². The van der Waals surface area contributed by atoms with Crippen LogP contribution in [0.25, 0.3) is 0 Å². The van der Waals surface area contributed by atoms with E-state index in [1.807, 2.05) is 24.4 Å². The van der Waals surface area contributed by atoms with Crippen molar-refractivity contribution in [3.63, 3.8) is 0 Å². The van der Waals surface area contributed by atoms with E-state index < -0.39 is 0 Å². The first-order valence-electron chi connectivity index (χ1n) is 6.19. The van der Waals surface area contributed by atoms with Crippen LogP contribution in [0.3, 0.4) is 0 Å². The second-order valence-corrected chi connectivity index (χ2v) is 5.66. The van der Waals surface area contributed by atoms with Gasteiger partial charge in [-0.2, -0.15) is 0 Å². The fourth-order valence-corrected chi connectivity index (χ4v) is 2.56. The molecule has 0 radical (unpaired) electrons. The SMILES string of the molecule is S=C(Nc1nccnc1Br)NC1CC1c1ccccn1. The van der Waals surface area contributed by atoms with E-state index in [-0.39, 0.29) is 0 Å². The number of halogens is 1. The third-order valence-corrected chi connectivity index (χ3v) is 3.86. The Bertz CT molecular complexity index is 621. The van der Waals surface area contributed by atoms with Crippen molar-refractivity contribution in [1.82, 2.24) is 20.3 Å². The second-order valence-electron chi connectivity index (χ2n) is 4.50. The predicted molar refractivity (Wildman–Crippen MR) is 84.5 cm³/mol. The fourth-order valence-electron chi connectivity index (χ4n) is 1.99. The molecular weight excluding hydrogens is 338 g/mol. The van der Waals surface area contributed by atoms with Gasteiger partial charge in [0.05, 0.1) is 0 Å². The Kier molecular flexibility index (Phi) is 3.88. The molecule has 2 unspecified atom stereocenters. The summed E-state index contributed by atoms with van der Waals surface area (Å²) in [5.74, 6) is 1.04. The molecule has 2 aromatic heterocycles. The molecule has 0 amide bonds. The van der Waals surface area contributed by atoms with Crippen LogP contribution in [0.1, 0.15) is 18.0 Å². The number of pyridine rings is 1. The first-order chi connectivity index (χ1) is 9.74. The normalized spacial score (nSPS) is 20.2. The van der Waals surface area contributed by atoms with Gasteiger partial charge in [-0.3, -0.25) is 4.98 Å². The van der Waals surface area contributed by atoms with Crippen LogP contribution >= 0.6 is 28.1 Å². The minimum atomic E-state index is 0.334. The van der Waals surface area contributed by atoms with Gasteiger partial charge in [0.15, 0.2) is 10.9 Å². The number of aromatic nitrogens is 3. The van der Waals surface area contributed by atoms with Crippen molar-refractivity contribution >= 4 is 39.1 Å². The maximum atomic E-state index is 5.28. The number of hydrogen-bond donors (Lipinski definition) is 2. The van der Waals surface area contributed by atoms with E-state index in [9.17, 15) is 0 Å². The van der Waals surface area contributed by atoms with E-state index in [1.54, 1.807) is 12.4 Å². The van der Waals surface area contributed by atoms with E-state index in [4.69, 9.17) is 12.2 Å². The van der Waals surface area contributed by atoms with Crippen LogP contribution in [0, 0.1) is 0 Å². The largest absolute Gasteiger partial charge is 0.359 e. The number of nitrogens with one attached hydrogen (secondary N) is 2. The Morgan fingerprint density at radius 3 is 2.80 bits per heavy atom. The minimum Gasteiger partial charge on any atom is -0.359 e. The molecule has 3 rings (SSSR count). The Morgan fingerprint density at radius 1 is 1.20 bits per heavy atom. The van der Waals surface area contributed by atoms with E-state index in [2.05, 4.69) is 41.5 Å². The zero-order chi connectivity index (χ0) is 13.9. The zero-order valence-electron chi connectivity index (χ0n) is 10.5. The van der Waals surface area contributed by atoms with Crippen LogP contribution in [0.15, 0.2) is 41.4 Å². The molecule has 7 heteroatoms. The lowest BCUT2D eigenvalue weighted by atomic mass is 10.2. The van der Waals surface area contributed by atoms with Gasteiger partial charge in [0.2, 0.25) is 0 Å². The first kappa shape index (κ1) is 13.4. The predicted octanol–water partition coefficient (Wildman–Crippen LogP) is 2.48.